The number of benzene rings is 1. The number of hydrogen-bond donors (Lipinski definition) is 1. The zero-order valence-electron chi connectivity index (χ0n) is 11.7. The highest BCUT2D eigenvalue weighted by Gasteiger charge is 2.24. The predicted octanol–water partition coefficient (Wildman–Crippen LogP) is 2.77. The zero-order chi connectivity index (χ0) is 13.9. The molecule has 1 aliphatic heterocycles. The van der Waals surface area contributed by atoms with E-state index in [-0.39, 0.29) is 6.10 Å². The number of ether oxygens (including phenoxy) is 3. The summed E-state index contributed by atoms with van der Waals surface area (Å²) in [4.78, 5) is 0. The summed E-state index contributed by atoms with van der Waals surface area (Å²) in [7, 11) is 1.64. The van der Waals surface area contributed by atoms with E-state index in [2.05, 4.69) is 5.32 Å². The Morgan fingerprint density at radius 3 is 2.85 bits per heavy atom. The van der Waals surface area contributed by atoms with Crippen molar-refractivity contribution < 1.29 is 14.2 Å². The van der Waals surface area contributed by atoms with Crippen LogP contribution in [0.4, 0.5) is 0 Å². The van der Waals surface area contributed by atoms with Crippen LogP contribution >= 0.6 is 11.6 Å². The Morgan fingerprint density at radius 2 is 2.20 bits per heavy atom. The van der Waals surface area contributed by atoms with E-state index in [4.69, 9.17) is 25.8 Å². The van der Waals surface area contributed by atoms with Crippen LogP contribution in [0.15, 0.2) is 12.1 Å². The van der Waals surface area contributed by atoms with Gasteiger partial charge in [0.05, 0.1) is 20.3 Å². The molecule has 4 nitrogen and oxygen atoms in total. The van der Waals surface area contributed by atoms with Gasteiger partial charge in [-0.15, -0.1) is 0 Å². The molecular formula is C15H20ClNO3. The summed E-state index contributed by atoms with van der Waals surface area (Å²) in [5.41, 5.74) is 1.05. The maximum atomic E-state index is 6.16. The summed E-state index contributed by atoms with van der Waals surface area (Å²) in [6.07, 6.45) is 3.53. The van der Waals surface area contributed by atoms with Crippen molar-refractivity contribution in [3.8, 4) is 11.5 Å². The van der Waals surface area contributed by atoms with Gasteiger partial charge in [0.1, 0.15) is 6.10 Å². The average molecular weight is 298 g/mol. The predicted molar refractivity (Wildman–Crippen MR) is 77.7 cm³/mol. The molecule has 1 heterocycles. The van der Waals surface area contributed by atoms with Crippen molar-refractivity contribution in [1.29, 1.82) is 0 Å². The summed E-state index contributed by atoms with van der Waals surface area (Å²) in [6.45, 7) is 2.15. The SMILES string of the molecule is COc1cc(Cl)cc(CNC2CC2)c1OC1CCOC1. The molecule has 0 bridgehead atoms. The average Bonchev–Trinajstić information content (AvgIpc) is 3.14. The third kappa shape index (κ3) is 3.37. The Labute approximate surface area is 124 Å². The van der Waals surface area contributed by atoms with Crippen LogP contribution in [0.3, 0.4) is 0 Å². The summed E-state index contributed by atoms with van der Waals surface area (Å²) < 4.78 is 16.9. The highest BCUT2D eigenvalue weighted by atomic mass is 35.5. The normalized spacial score (nSPS) is 22.0. The quantitative estimate of drug-likeness (QED) is 0.876. The van der Waals surface area contributed by atoms with E-state index in [1.807, 2.05) is 6.07 Å². The molecule has 1 aliphatic carbocycles. The monoisotopic (exact) mass is 297 g/mol. The van der Waals surface area contributed by atoms with Gasteiger partial charge in [-0.3, -0.25) is 0 Å². The molecule has 0 aromatic heterocycles. The molecule has 1 aromatic carbocycles. The zero-order valence-corrected chi connectivity index (χ0v) is 12.4. The second kappa shape index (κ2) is 6.20. The van der Waals surface area contributed by atoms with Crippen molar-refractivity contribution in [2.75, 3.05) is 20.3 Å². The smallest absolute Gasteiger partial charge is 0.166 e. The Bertz CT molecular complexity index is 470. The molecule has 0 spiro atoms. The first-order valence-corrected chi connectivity index (χ1v) is 7.48. The molecule has 1 atom stereocenters. The Balaban J connectivity index is 1.81. The van der Waals surface area contributed by atoms with Crippen molar-refractivity contribution in [3.05, 3.63) is 22.7 Å². The van der Waals surface area contributed by atoms with E-state index in [0.717, 1.165) is 30.9 Å². The third-order valence-corrected chi connectivity index (χ3v) is 3.87. The van der Waals surface area contributed by atoms with Crippen LogP contribution in [0.25, 0.3) is 0 Å². The first-order chi connectivity index (χ1) is 9.76. The minimum Gasteiger partial charge on any atom is -0.493 e. The van der Waals surface area contributed by atoms with Gasteiger partial charge in [0.15, 0.2) is 11.5 Å². The molecule has 0 radical (unpaired) electrons. The van der Waals surface area contributed by atoms with Crippen LogP contribution in [0.5, 0.6) is 11.5 Å². The Kier molecular flexibility index (Phi) is 4.34. The van der Waals surface area contributed by atoms with Crippen LogP contribution in [0.2, 0.25) is 5.02 Å². The fourth-order valence-corrected chi connectivity index (χ4v) is 2.58. The molecule has 5 heteroatoms. The molecule has 1 N–H and O–H groups in total. The van der Waals surface area contributed by atoms with Crippen LogP contribution in [0.1, 0.15) is 24.8 Å². The molecule has 0 amide bonds. The number of halogens is 1. The van der Waals surface area contributed by atoms with E-state index in [9.17, 15) is 0 Å². The summed E-state index contributed by atoms with van der Waals surface area (Å²) >= 11 is 6.16. The number of rotatable bonds is 6. The van der Waals surface area contributed by atoms with Crippen molar-refractivity contribution in [2.45, 2.75) is 38.0 Å². The van der Waals surface area contributed by atoms with Crippen LogP contribution in [0, 0.1) is 0 Å². The topological polar surface area (TPSA) is 39.7 Å². The Morgan fingerprint density at radius 1 is 1.35 bits per heavy atom. The molecule has 2 aliphatic rings. The lowest BCUT2D eigenvalue weighted by atomic mass is 10.1. The molecule has 1 saturated heterocycles. The first-order valence-electron chi connectivity index (χ1n) is 7.10. The number of hydrogen-bond acceptors (Lipinski definition) is 4. The third-order valence-electron chi connectivity index (χ3n) is 3.65. The molecule has 3 rings (SSSR count). The summed E-state index contributed by atoms with van der Waals surface area (Å²) in [5, 5.41) is 4.16. The molecule has 1 saturated carbocycles. The Hall–Kier alpha value is -0.970. The van der Waals surface area contributed by atoms with Gasteiger partial charge in [0.25, 0.3) is 0 Å². The van der Waals surface area contributed by atoms with E-state index in [1.54, 1.807) is 13.2 Å². The molecule has 2 fully saturated rings. The van der Waals surface area contributed by atoms with Gasteiger partial charge in [-0.1, -0.05) is 11.6 Å². The largest absolute Gasteiger partial charge is 0.493 e. The van der Waals surface area contributed by atoms with Gasteiger partial charge in [0, 0.05) is 35.7 Å². The minimum atomic E-state index is 0.102. The summed E-state index contributed by atoms with van der Waals surface area (Å²) in [6, 6.07) is 4.39. The molecule has 110 valence electrons. The maximum absolute atomic E-state index is 6.16. The van der Waals surface area contributed by atoms with Crippen molar-refractivity contribution >= 4 is 11.6 Å². The van der Waals surface area contributed by atoms with Crippen molar-refractivity contribution in [2.24, 2.45) is 0 Å². The van der Waals surface area contributed by atoms with Crippen LogP contribution < -0.4 is 14.8 Å². The van der Waals surface area contributed by atoms with E-state index in [0.29, 0.717) is 23.4 Å². The van der Waals surface area contributed by atoms with Gasteiger partial charge < -0.3 is 19.5 Å². The van der Waals surface area contributed by atoms with Gasteiger partial charge in [-0.05, 0) is 18.9 Å². The second-order valence-corrected chi connectivity index (χ2v) is 5.79. The number of methoxy groups -OCH3 is 1. The lowest BCUT2D eigenvalue weighted by Crippen LogP contribution is -2.20. The van der Waals surface area contributed by atoms with E-state index >= 15 is 0 Å². The molecule has 1 aromatic rings. The fourth-order valence-electron chi connectivity index (χ4n) is 2.35. The van der Waals surface area contributed by atoms with Crippen LogP contribution in [-0.2, 0) is 11.3 Å². The van der Waals surface area contributed by atoms with E-state index < -0.39 is 0 Å². The van der Waals surface area contributed by atoms with Crippen LogP contribution in [-0.4, -0.2) is 32.5 Å². The highest BCUT2D eigenvalue weighted by molar-refractivity contribution is 6.30. The van der Waals surface area contributed by atoms with Crippen molar-refractivity contribution in [1.82, 2.24) is 5.32 Å². The van der Waals surface area contributed by atoms with E-state index in [1.165, 1.54) is 12.8 Å². The lowest BCUT2D eigenvalue weighted by Gasteiger charge is -2.19. The minimum absolute atomic E-state index is 0.102. The van der Waals surface area contributed by atoms with Gasteiger partial charge in [0.2, 0.25) is 0 Å². The fraction of sp³-hybridized carbons (Fsp3) is 0.600. The standard InChI is InChI=1S/C15H20ClNO3/c1-18-14-7-11(16)6-10(8-17-12-2-3-12)15(14)20-13-4-5-19-9-13/h6-7,12-13,17H,2-5,8-9H2,1H3. The first kappa shape index (κ1) is 14.0. The highest BCUT2D eigenvalue weighted by Crippen LogP contribution is 2.36. The maximum Gasteiger partial charge on any atom is 0.166 e. The second-order valence-electron chi connectivity index (χ2n) is 5.35. The molecular weight excluding hydrogens is 278 g/mol. The summed E-state index contributed by atoms with van der Waals surface area (Å²) in [5.74, 6) is 1.48. The van der Waals surface area contributed by atoms with Gasteiger partial charge in [-0.2, -0.15) is 0 Å². The van der Waals surface area contributed by atoms with Gasteiger partial charge in [-0.25, -0.2) is 0 Å². The molecule has 1 unspecified atom stereocenters. The van der Waals surface area contributed by atoms with Gasteiger partial charge >= 0.3 is 0 Å². The lowest BCUT2D eigenvalue weighted by molar-refractivity contribution is 0.138. The van der Waals surface area contributed by atoms with Crippen molar-refractivity contribution in [3.63, 3.8) is 0 Å². The number of nitrogens with one attached hydrogen (secondary N) is 1. The molecule has 20 heavy (non-hydrogen) atoms.